The maximum atomic E-state index is 12.6. The Hall–Kier alpha value is -3.59. The topological polar surface area (TPSA) is 106 Å². The van der Waals surface area contributed by atoms with Gasteiger partial charge in [0.2, 0.25) is 17.6 Å². The van der Waals surface area contributed by atoms with E-state index in [0.717, 1.165) is 11.1 Å². The van der Waals surface area contributed by atoms with Crippen molar-refractivity contribution in [3.63, 3.8) is 0 Å². The molecule has 0 aliphatic carbocycles. The number of benzene rings is 2. The van der Waals surface area contributed by atoms with Gasteiger partial charge in [0.05, 0.1) is 17.4 Å². The maximum absolute atomic E-state index is 12.6. The van der Waals surface area contributed by atoms with Crippen LogP contribution in [0.4, 0.5) is 5.69 Å². The number of hydrogen-bond donors (Lipinski definition) is 0. The van der Waals surface area contributed by atoms with Crippen LogP contribution in [0.5, 0.6) is 0 Å². The molecule has 31 heavy (non-hydrogen) atoms. The molecular weight excluding hydrogens is 398 g/mol. The maximum Gasteiger partial charge on any atom is 0.269 e. The third-order valence-electron chi connectivity index (χ3n) is 5.55. The second-order valence-corrected chi connectivity index (χ2v) is 7.52. The van der Waals surface area contributed by atoms with Crippen LogP contribution < -0.4 is 0 Å². The van der Waals surface area contributed by atoms with E-state index in [2.05, 4.69) is 15.0 Å². The van der Waals surface area contributed by atoms with Gasteiger partial charge < -0.3 is 9.42 Å². The summed E-state index contributed by atoms with van der Waals surface area (Å²) in [6.45, 7) is 4.65. The largest absolute Gasteiger partial charge is 0.340 e. The first kappa shape index (κ1) is 20.7. The molecule has 1 unspecified atom stereocenters. The average molecular weight is 421 g/mol. The molecule has 1 amide bonds. The molecule has 0 bridgehead atoms. The molecule has 0 saturated carbocycles. The Balaban J connectivity index is 1.31. The van der Waals surface area contributed by atoms with Crippen molar-refractivity contribution in [3.05, 3.63) is 76.2 Å². The van der Waals surface area contributed by atoms with Crippen LogP contribution in [0.2, 0.25) is 0 Å². The highest BCUT2D eigenvalue weighted by Crippen LogP contribution is 2.23. The number of amides is 1. The Bertz CT molecular complexity index is 1040. The Labute approximate surface area is 179 Å². The lowest BCUT2D eigenvalue weighted by molar-refractivity contribution is -0.384. The summed E-state index contributed by atoms with van der Waals surface area (Å²) in [5, 5.41) is 14.8. The molecule has 1 aliphatic heterocycles. The van der Waals surface area contributed by atoms with Crippen LogP contribution in [-0.4, -0.2) is 56.9 Å². The van der Waals surface area contributed by atoms with Gasteiger partial charge in [-0.1, -0.05) is 47.6 Å². The van der Waals surface area contributed by atoms with Gasteiger partial charge >= 0.3 is 0 Å². The number of nitrogens with zero attached hydrogens (tertiary/aromatic N) is 5. The molecule has 1 atom stereocenters. The van der Waals surface area contributed by atoms with E-state index in [9.17, 15) is 14.9 Å². The Kier molecular flexibility index (Phi) is 6.03. The van der Waals surface area contributed by atoms with E-state index in [4.69, 9.17) is 4.52 Å². The van der Waals surface area contributed by atoms with E-state index in [1.165, 1.54) is 12.1 Å². The van der Waals surface area contributed by atoms with Gasteiger partial charge in [0.25, 0.3) is 5.69 Å². The van der Waals surface area contributed by atoms with Crippen LogP contribution in [-0.2, 0) is 11.2 Å². The van der Waals surface area contributed by atoms with E-state index in [1.54, 1.807) is 12.1 Å². The lowest BCUT2D eigenvalue weighted by atomic mass is 10.1. The number of non-ortho nitro benzene ring substituents is 1. The van der Waals surface area contributed by atoms with Crippen molar-refractivity contribution in [1.29, 1.82) is 0 Å². The summed E-state index contributed by atoms with van der Waals surface area (Å²) in [4.78, 5) is 31.5. The quantitative estimate of drug-likeness (QED) is 0.445. The number of carbonyl (C=O) groups excluding carboxylic acids is 1. The number of aromatic nitrogens is 2. The van der Waals surface area contributed by atoms with Crippen molar-refractivity contribution in [3.8, 4) is 11.4 Å². The molecule has 0 spiro atoms. The third kappa shape index (κ3) is 4.77. The SMILES string of the molecule is CC(c1nc(-c2ccccc2)no1)N1CCN(C(=O)Cc2ccc([N+](=O)[O-])cc2)CC1. The molecule has 1 saturated heterocycles. The summed E-state index contributed by atoms with van der Waals surface area (Å²) in [5.41, 5.74) is 1.70. The zero-order chi connectivity index (χ0) is 21.8. The van der Waals surface area contributed by atoms with E-state index in [1.807, 2.05) is 42.2 Å². The number of piperazine rings is 1. The summed E-state index contributed by atoms with van der Waals surface area (Å²) in [6, 6.07) is 15.8. The zero-order valence-electron chi connectivity index (χ0n) is 17.2. The highest BCUT2D eigenvalue weighted by atomic mass is 16.6. The molecular formula is C22H23N5O4. The number of rotatable bonds is 6. The molecule has 1 aliphatic rings. The molecule has 1 fully saturated rings. The van der Waals surface area contributed by atoms with Gasteiger partial charge in [-0.05, 0) is 12.5 Å². The second-order valence-electron chi connectivity index (χ2n) is 7.52. The van der Waals surface area contributed by atoms with Gasteiger partial charge in [0.1, 0.15) is 0 Å². The van der Waals surface area contributed by atoms with Crippen LogP contribution in [0.15, 0.2) is 59.1 Å². The normalized spacial score (nSPS) is 15.6. The van der Waals surface area contributed by atoms with E-state index >= 15 is 0 Å². The molecule has 9 nitrogen and oxygen atoms in total. The van der Waals surface area contributed by atoms with Crippen LogP contribution in [0.1, 0.15) is 24.4 Å². The predicted octanol–water partition coefficient (Wildman–Crippen LogP) is 3.09. The second kappa shape index (κ2) is 9.05. The monoisotopic (exact) mass is 421 g/mol. The summed E-state index contributed by atoms with van der Waals surface area (Å²) in [5.74, 6) is 1.15. The van der Waals surface area contributed by atoms with E-state index in [-0.39, 0.29) is 24.1 Å². The molecule has 9 heteroatoms. The van der Waals surface area contributed by atoms with Crippen molar-refractivity contribution in [2.24, 2.45) is 0 Å². The number of carbonyl (C=O) groups is 1. The van der Waals surface area contributed by atoms with Crippen LogP contribution in [0, 0.1) is 10.1 Å². The lowest BCUT2D eigenvalue weighted by Crippen LogP contribution is -2.49. The van der Waals surface area contributed by atoms with Gasteiger partial charge in [-0.25, -0.2) is 0 Å². The van der Waals surface area contributed by atoms with E-state index in [0.29, 0.717) is 37.9 Å². The van der Waals surface area contributed by atoms with Crippen molar-refractivity contribution < 1.29 is 14.2 Å². The van der Waals surface area contributed by atoms with E-state index < -0.39 is 4.92 Å². The van der Waals surface area contributed by atoms with Crippen molar-refractivity contribution in [2.45, 2.75) is 19.4 Å². The number of nitro groups is 1. The van der Waals surface area contributed by atoms with Crippen LogP contribution >= 0.6 is 0 Å². The summed E-state index contributed by atoms with van der Waals surface area (Å²) in [7, 11) is 0. The molecule has 1 aromatic heterocycles. The first-order valence-corrected chi connectivity index (χ1v) is 10.2. The molecule has 3 aromatic rings. The molecule has 160 valence electrons. The van der Waals surface area contributed by atoms with Crippen molar-refractivity contribution >= 4 is 11.6 Å². The molecule has 0 N–H and O–H groups in total. The standard InChI is InChI=1S/C22H23N5O4/c1-16(22-23-21(24-31-22)18-5-3-2-4-6-18)25-11-13-26(14-12-25)20(28)15-17-7-9-19(10-8-17)27(29)30/h2-10,16H,11-15H2,1H3. The molecule has 4 rings (SSSR count). The first-order chi connectivity index (χ1) is 15.0. The molecule has 0 radical (unpaired) electrons. The Morgan fingerprint density at radius 2 is 1.77 bits per heavy atom. The van der Waals surface area contributed by atoms with Gasteiger partial charge in [0, 0.05) is 43.9 Å². The Morgan fingerprint density at radius 1 is 1.10 bits per heavy atom. The van der Waals surface area contributed by atoms with Gasteiger partial charge in [-0.3, -0.25) is 19.8 Å². The fourth-order valence-corrected chi connectivity index (χ4v) is 3.65. The Morgan fingerprint density at radius 3 is 2.42 bits per heavy atom. The third-order valence-corrected chi connectivity index (χ3v) is 5.55. The van der Waals surface area contributed by atoms with Gasteiger partial charge in [0.15, 0.2) is 0 Å². The summed E-state index contributed by atoms with van der Waals surface area (Å²) < 4.78 is 5.48. The highest BCUT2D eigenvalue weighted by Gasteiger charge is 2.27. The minimum absolute atomic E-state index is 0.0188. The zero-order valence-corrected chi connectivity index (χ0v) is 17.2. The smallest absolute Gasteiger partial charge is 0.269 e. The first-order valence-electron chi connectivity index (χ1n) is 10.2. The lowest BCUT2D eigenvalue weighted by Gasteiger charge is -2.36. The highest BCUT2D eigenvalue weighted by molar-refractivity contribution is 5.79. The predicted molar refractivity (Wildman–Crippen MR) is 113 cm³/mol. The minimum atomic E-state index is -0.446. The fraction of sp³-hybridized carbons (Fsp3) is 0.318. The summed E-state index contributed by atoms with van der Waals surface area (Å²) >= 11 is 0. The average Bonchev–Trinajstić information content (AvgIpc) is 3.30. The minimum Gasteiger partial charge on any atom is -0.340 e. The fourth-order valence-electron chi connectivity index (χ4n) is 3.65. The number of hydrogen-bond acceptors (Lipinski definition) is 7. The number of nitro benzene ring substituents is 1. The summed E-state index contributed by atoms with van der Waals surface area (Å²) in [6.07, 6.45) is 0.234. The molecule has 2 heterocycles. The van der Waals surface area contributed by atoms with Crippen LogP contribution in [0.25, 0.3) is 11.4 Å². The van der Waals surface area contributed by atoms with Crippen LogP contribution in [0.3, 0.4) is 0 Å². The molecule has 2 aromatic carbocycles. The van der Waals surface area contributed by atoms with Crippen molar-refractivity contribution in [1.82, 2.24) is 19.9 Å². The van der Waals surface area contributed by atoms with Crippen molar-refractivity contribution in [2.75, 3.05) is 26.2 Å². The van der Waals surface area contributed by atoms with Gasteiger partial charge in [-0.15, -0.1) is 0 Å². The van der Waals surface area contributed by atoms with Gasteiger partial charge in [-0.2, -0.15) is 4.98 Å².